The van der Waals surface area contributed by atoms with Gasteiger partial charge in [0.15, 0.2) is 5.82 Å². The molecule has 8 heteroatoms. The van der Waals surface area contributed by atoms with E-state index in [9.17, 15) is 8.42 Å². The van der Waals surface area contributed by atoms with Crippen LogP contribution in [0.3, 0.4) is 0 Å². The molecule has 0 spiro atoms. The number of aromatic nitrogens is 3. The fraction of sp³-hybridized carbons (Fsp3) is 0.176. The van der Waals surface area contributed by atoms with Crippen LogP contribution in [0.15, 0.2) is 48.5 Å². The topological polar surface area (TPSA) is 76.9 Å². The molecule has 0 saturated carbocycles. The molecular formula is C17H17ClN4O2S. The van der Waals surface area contributed by atoms with Gasteiger partial charge in [-0.05, 0) is 24.6 Å². The molecule has 6 nitrogen and oxygen atoms in total. The predicted molar refractivity (Wildman–Crippen MR) is 99.2 cm³/mol. The van der Waals surface area contributed by atoms with E-state index in [1.54, 1.807) is 12.1 Å². The summed E-state index contributed by atoms with van der Waals surface area (Å²) in [5, 5.41) is 7.81. The van der Waals surface area contributed by atoms with Crippen molar-refractivity contribution in [2.45, 2.75) is 13.5 Å². The fourth-order valence-electron chi connectivity index (χ4n) is 2.25. The van der Waals surface area contributed by atoms with E-state index in [0.29, 0.717) is 17.4 Å². The van der Waals surface area contributed by atoms with Crippen LogP contribution >= 0.6 is 11.6 Å². The largest absolute Gasteiger partial charge is 0.349 e. The van der Waals surface area contributed by atoms with E-state index >= 15 is 0 Å². The minimum atomic E-state index is -3.58. The number of halogens is 1. The summed E-state index contributed by atoms with van der Waals surface area (Å²) in [5.74, 6) is 0.525. The number of benzene rings is 2. The van der Waals surface area contributed by atoms with Crippen LogP contribution in [0.25, 0.3) is 11.4 Å². The minimum Gasteiger partial charge on any atom is -0.349 e. The first kappa shape index (κ1) is 17.4. The molecule has 130 valence electrons. The third-order valence-electron chi connectivity index (χ3n) is 3.57. The van der Waals surface area contributed by atoms with Gasteiger partial charge < -0.3 is 5.32 Å². The van der Waals surface area contributed by atoms with Gasteiger partial charge in [0.05, 0.1) is 6.26 Å². The van der Waals surface area contributed by atoms with E-state index in [2.05, 4.69) is 15.4 Å². The summed E-state index contributed by atoms with van der Waals surface area (Å²) >= 11 is 5.87. The second kappa shape index (κ2) is 6.85. The van der Waals surface area contributed by atoms with E-state index in [1.807, 2.05) is 43.3 Å². The second-order valence-electron chi connectivity index (χ2n) is 5.71. The van der Waals surface area contributed by atoms with Crippen LogP contribution in [-0.2, 0) is 16.6 Å². The van der Waals surface area contributed by atoms with E-state index in [-0.39, 0.29) is 5.95 Å². The molecule has 1 N–H and O–H groups in total. The molecule has 1 heterocycles. The second-order valence-corrected chi connectivity index (χ2v) is 7.96. The number of nitrogens with zero attached hydrogens (tertiary/aromatic N) is 3. The molecule has 0 aliphatic heterocycles. The van der Waals surface area contributed by atoms with Gasteiger partial charge in [0.1, 0.15) is 0 Å². The summed E-state index contributed by atoms with van der Waals surface area (Å²) in [5.41, 5.74) is 2.80. The first-order chi connectivity index (χ1) is 11.8. The predicted octanol–water partition coefficient (Wildman–Crippen LogP) is 3.33. The molecule has 0 atom stereocenters. The molecule has 0 aliphatic rings. The van der Waals surface area contributed by atoms with Gasteiger partial charge in [0.25, 0.3) is 10.0 Å². The molecular weight excluding hydrogens is 360 g/mol. The van der Waals surface area contributed by atoms with E-state index < -0.39 is 10.0 Å². The van der Waals surface area contributed by atoms with Crippen LogP contribution < -0.4 is 5.32 Å². The molecule has 1 aromatic heterocycles. The Balaban J connectivity index is 1.91. The van der Waals surface area contributed by atoms with Crippen molar-refractivity contribution in [2.24, 2.45) is 0 Å². The van der Waals surface area contributed by atoms with E-state index in [0.717, 1.165) is 27.0 Å². The van der Waals surface area contributed by atoms with Crippen molar-refractivity contribution in [3.8, 4) is 11.4 Å². The van der Waals surface area contributed by atoms with Crippen LogP contribution in [0.5, 0.6) is 0 Å². The standard InChI is InChI=1S/C17H17ClN4O2S/c1-12-3-7-14(8-4-12)16-20-17(22(21-16)25(2,23)24)19-11-13-5-9-15(18)10-6-13/h3-10H,11H2,1-2H3,(H,19,20,21). The van der Waals surface area contributed by atoms with Gasteiger partial charge in [0.2, 0.25) is 5.95 Å². The van der Waals surface area contributed by atoms with E-state index in [4.69, 9.17) is 11.6 Å². The Morgan fingerprint density at radius 3 is 2.32 bits per heavy atom. The average molecular weight is 377 g/mol. The highest BCUT2D eigenvalue weighted by molar-refractivity contribution is 7.89. The SMILES string of the molecule is Cc1ccc(-c2nc(NCc3ccc(Cl)cc3)n(S(C)(=O)=O)n2)cc1. The molecule has 0 unspecified atom stereocenters. The first-order valence-corrected chi connectivity index (χ1v) is 9.78. The Labute approximate surface area is 151 Å². The van der Waals surface area contributed by atoms with Gasteiger partial charge in [-0.1, -0.05) is 53.6 Å². The van der Waals surface area contributed by atoms with Crippen molar-refractivity contribution in [1.82, 2.24) is 14.2 Å². The molecule has 0 fully saturated rings. The first-order valence-electron chi connectivity index (χ1n) is 7.56. The van der Waals surface area contributed by atoms with Gasteiger partial charge in [0, 0.05) is 17.1 Å². The molecule has 3 aromatic rings. The van der Waals surface area contributed by atoms with Crippen molar-refractivity contribution in [1.29, 1.82) is 0 Å². The van der Waals surface area contributed by atoms with E-state index in [1.165, 1.54) is 0 Å². The van der Waals surface area contributed by atoms with Crippen LogP contribution in [0.1, 0.15) is 11.1 Å². The smallest absolute Gasteiger partial charge is 0.254 e. The number of anilines is 1. The monoisotopic (exact) mass is 376 g/mol. The summed E-state index contributed by atoms with van der Waals surface area (Å²) in [6, 6.07) is 14.8. The Kier molecular flexibility index (Phi) is 4.78. The zero-order valence-corrected chi connectivity index (χ0v) is 15.3. The van der Waals surface area contributed by atoms with Crippen LogP contribution in [0.2, 0.25) is 5.02 Å². The van der Waals surface area contributed by atoms with Crippen molar-refractivity contribution >= 4 is 27.6 Å². The molecule has 3 rings (SSSR count). The summed E-state index contributed by atoms with van der Waals surface area (Å²) in [4.78, 5) is 4.34. The highest BCUT2D eigenvalue weighted by Crippen LogP contribution is 2.20. The highest BCUT2D eigenvalue weighted by atomic mass is 35.5. The lowest BCUT2D eigenvalue weighted by molar-refractivity contribution is 0.587. The lowest BCUT2D eigenvalue weighted by Crippen LogP contribution is -2.16. The minimum absolute atomic E-state index is 0.174. The van der Waals surface area contributed by atoms with Crippen molar-refractivity contribution in [2.75, 3.05) is 11.6 Å². The zero-order valence-electron chi connectivity index (χ0n) is 13.8. The molecule has 0 radical (unpaired) electrons. The van der Waals surface area contributed by atoms with Gasteiger partial charge >= 0.3 is 0 Å². The molecule has 0 amide bonds. The quantitative estimate of drug-likeness (QED) is 0.739. The maximum atomic E-state index is 12.0. The molecule has 25 heavy (non-hydrogen) atoms. The summed E-state index contributed by atoms with van der Waals surface area (Å²) in [7, 11) is -3.58. The molecule has 2 aromatic carbocycles. The summed E-state index contributed by atoms with van der Waals surface area (Å²) < 4.78 is 24.9. The number of aryl methyl sites for hydroxylation is 1. The molecule has 0 aliphatic carbocycles. The third kappa shape index (κ3) is 4.18. The van der Waals surface area contributed by atoms with Crippen molar-refractivity contribution in [3.05, 3.63) is 64.7 Å². The Morgan fingerprint density at radius 2 is 1.72 bits per heavy atom. The van der Waals surface area contributed by atoms with Crippen LogP contribution in [0, 0.1) is 6.92 Å². The maximum Gasteiger partial charge on any atom is 0.254 e. The van der Waals surface area contributed by atoms with Crippen LogP contribution in [-0.4, -0.2) is 28.8 Å². The van der Waals surface area contributed by atoms with Gasteiger partial charge in [-0.3, -0.25) is 0 Å². The summed E-state index contributed by atoms with van der Waals surface area (Å²) in [6.07, 6.45) is 1.09. The third-order valence-corrected chi connectivity index (χ3v) is 4.70. The molecule has 0 saturated heterocycles. The lowest BCUT2D eigenvalue weighted by Gasteiger charge is -2.06. The van der Waals surface area contributed by atoms with Gasteiger partial charge in [-0.25, -0.2) is 8.42 Å². The Hall–Kier alpha value is -2.38. The van der Waals surface area contributed by atoms with Crippen molar-refractivity contribution < 1.29 is 8.42 Å². The maximum absolute atomic E-state index is 12.0. The Morgan fingerprint density at radius 1 is 1.08 bits per heavy atom. The highest BCUT2D eigenvalue weighted by Gasteiger charge is 2.18. The normalized spacial score (nSPS) is 11.5. The molecule has 0 bridgehead atoms. The summed E-state index contributed by atoms with van der Waals surface area (Å²) in [6.45, 7) is 2.38. The van der Waals surface area contributed by atoms with Crippen LogP contribution in [0.4, 0.5) is 5.95 Å². The number of nitrogens with one attached hydrogen (secondary N) is 1. The van der Waals surface area contributed by atoms with Gasteiger partial charge in [-0.15, -0.1) is 9.19 Å². The fourth-order valence-corrected chi connectivity index (χ4v) is 3.02. The lowest BCUT2D eigenvalue weighted by atomic mass is 10.1. The Bertz CT molecular complexity index is 980. The number of hydrogen-bond donors (Lipinski definition) is 1. The number of rotatable bonds is 5. The van der Waals surface area contributed by atoms with Gasteiger partial charge in [-0.2, -0.15) is 4.98 Å². The average Bonchev–Trinajstić information content (AvgIpc) is 2.99. The number of hydrogen-bond acceptors (Lipinski definition) is 5. The van der Waals surface area contributed by atoms with Crippen molar-refractivity contribution in [3.63, 3.8) is 0 Å². The zero-order chi connectivity index (χ0) is 18.0.